The average molecular weight is 427 g/mol. The minimum atomic E-state index is -0.502. The van der Waals surface area contributed by atoms with Gasteiger partial charge in [-0.1, -0.05) is 11.6 Å². The Labute approximate surface area is 182 Å². The first-order valence-electron chi connectivity index (χ1n) is 10.2. The first-order valence-corrected chi connectivity index (χ1v) is 10.6. The van der Waals surface area contributed by atoms with Crippen LogP contribution in [0, 0.1) is 11.3 Å². The molecule has 0 atom stereocenters. The van der Waals surface area contributed by atoms with Crippen molar-refractivity contribution < 1.29 is 14.3 Å². The van der Waals surface area contributed by atoms with Crippen molar-refractivity contribution in [3.63, 3.8) is 0 Å². The molecule has 1 aliphatic carbocycles. The SMILES string of the molecule is CC(C)(C)OC(=O)c1ccc(NC2CCC(Oc3ccc(C#N)c(Cl)c3)CC2)cc1. The Bertz CT molecular complexity index is 921. The largest absolute Gasteiger partial charge is 0.490 e. The topological polar surface area (TPSA) is 71.3 Å². The maximum absolute atomic E-state index is 12.1. The number of carbonyl (C=O) groups is 1. The molecule has 1 N–H and O–H groups in total. The van der Waals surface area contributed by atoms with E-state index < -0.39 is 5.60 Å². The van der Waals surface area contributed by atoms with Gasteiger partial charge in [-0.05, 0) is 82.9 Å². The van der Waals surface area contributed by atoms with Crippen LogP contribution in [0.25, 0.3) is 0 Å². The van der Waals surface area contributed by atoms with Crippen molar-refractivity contribution in [2.24, 2.45) is 0 Å². The van der Waals surface area contributed by atoms with E-state index in [1.807, 2.05) is 32.9 Å². The quantitative estimate of drug-likeness (QED) is 0.596. The summed E-state index contributed by atoms with van der Waals surface area (Å²) >= 11 is 6.08. The van der Waals surface area contributed by atoms with Gasteiger partial charge in [0.1, 0.15) is 17.4 Å². The van der Waals surface area contributed by atoms with Gasteiger partial charge in [-0.25, -0.2) is 4.79 Å². The van der Waals surface area contributed by atoms with Crippen molar-refractivity contribution in [1.29, 1.82) is 5.26 Å². The van der Waals surface area contributed by atoms with Crippen molar-refractivity contribution in [2.45, 2.75) is 64.2 Å². The molecule has 1 aliphatic rings. The van der Waals surface area contributed by atoms with E-state index in [0.29, 0.717) is 27.9 Å². The highest BCUT2D eigenvalue weighted by Gasteiger charge is 2.23. The summed E-state index contributed by atoms with van der Waals surface area (Å²) < 4.78 is 11.4. The third-order valence-corrected chi connectivity index (χ3v) is 5.24. The molecular weight excluding hydrogens is 400 g/mol. The van der Waals surface area contributed by atoms with E-state index in [1.165, 1.54) is 0 Å². The molecule has 2 aromatic carbocycles. The molecule has 0 amide bonds. The molecule has 0 heterocycles. The number of ether oxygens (including phenoxy) is 2. The molecular formula is C24H27ClN2O3. The Kier molecular flexibility index (Phi) is 6.89. The Morgan fingerprint density at radius 3 is 2.33 bits per heavy atom. The molecule has 0 radical (unpaired) electrons. The highest BCUT2D eigenvalue weighted by molar-refractivity contribution is 6.31. The minimum absolute atomic E-state index is 0.140. The number of hydrogen-bond acceptors (Lipinski definition) is 5. The molecule has 0 unspecified atom stereocenters. The number of halogens is 1. The fraction of sp³-hybridized carbons (Fsp3) is 0.417. The van der Waals surface area contributed by atoms with Gasteiger partial charge in [0.05, 0.1) is 22.3 Å². The molecule has 0 bridgehead atoms. The van der Waals surface area contributed by atoms with Crippen LogP contribution >= 0.6 is 11.6 Å². The maximum Gasteiger partial charge on any atom is 0.338 e. The van der Waals surface area contributed by atoms with Crippen LogP contribution in [0.15, 0.2) is 42.5 Å². The van der Waals surface area contributed by atoms with E-state index in [-0.39, 0.29) is 12.1 Å². The molecule has 6 heteroatoms. The fourth-order valence-electron chi connectivity index (χ4n) is 3.45. The van der Waals surface area contributed by atoms with Crippen LogP contribution in [0.2, 0.25) is 5.02 Å². The molecule has 5 nitrogen and oxygen atoms in total. The summed E-state index contributed by atoms with van der Waals surface area (Å²) in [6, 6.07) is 15.0. The minimum Gasteiger partial charge on any atom is -0.490 e. The standard InChI is InChI=1S/C24H27ClN2O3/c1-24(2,3)30-23(28)16-4-7-18(8-5-16)27-19-9-12-20(13-10-19)29-21-11-6-17(15-26)22(25)14-21/h4-8,11,14,19-20,27H,9-10,12-13H2,1-3H3. The highest BCUT2D eigenvalue weighted by atomic mass is 35.5. The van der Waals surface area contributed by atoms with Gasteiger partial charge in [0.15, 0.2) is 0 Å². The predicted octanol–water partition coefficient (Wildman–Crippen LogP) is 5.97. The second-order valence-electron chi connectivity index (χ2n) is 8.57. The molecule has 158 valence electrons. The number of nitrogens with zero attached hydrogens (tertiary/aromatic N) is 1. The Hall–Kier alpha value is -2.71. The zero-order valence-corrected chi connectivity index (χ0v) is 18.3. The number of hydrogen-bond donors (Lipinski definition) is 1. The smallest absolute Gasteiger partial charge is 0.338 e. The van der Waals surface area contributed by atoms with Crippen LogP contribution in [-0.4, -0.2) is 23.7 Å². The average Bonchev–Trinajstić information content (AvgIpc) is 2.69. The number of nitrogens with one attached hydrogen (secondary N) is 1. The Balaban J connectivity index is 1.48. The second-order valence-corrected chi connectivity index (χ2v) is 8.98. The first-order chi connectivity index (χ1) is 14.2. The number of nitriles is 1. The molecule has 0 spiro atoms. The van der Waals surface area contributed by atoms with Crippen molar-refractivity contribution in [3.05, 3.63) is 58.6 Å². The second kappa shape index (κ2) is 9.40. The van der Waals surface area contributed by atoms with Crippen molar-refractivity contribution in [1.82, 2.24) is 0 Å². The lowest BCUT2D eigenvalue weighted by atomic mass is 9.92. The summed E-state index contributed by atoms with van der Waals surface area (Å²) in [5, 5.41) is 12.9. The zero-order chi connectivity index (χ0) is 21.7. The number of rotatable bonds is 5. The van der Waals surface area contributed by atoms with E-state index >= 15 is 0 Å². The van der Waals surface area contributed by atoms with E-state index in [0.717, 1.165) is 31.4 Å². The Morgan fingerprint density at radius 2 is 1.77 bits per heavy atom. The van der Waals surface area contributed by atoms with Gasteiger partial charge in [0.25, 0.3) is 0 Å². The summed E-state index contributed by atoms with van der Waals surface area (Å²) in [7, 11) is 0. The highest BCUT2D eigenvalue weighted by Crippen LogP contribution is 2.28. The zero-order valence-electron chi connectivity index (χ0n) is 17.6. The van der Waals surface area contributed by atoms with Gasteiger partial charge >= 0.3 is 5.97 Å². The van der Waals surface area contributed by atoms with Crippen LogP contribution in [0.5, 0.6) is 5.75 Å². The van der Waals surface area contributed by atoms with Crippen LogP contribution < -0.4 is 10.1 Å². The summed E-state index contributed by atoms with van der Waals surface area (Å²) in [6.45, 7) is 5.57. The van der Waals surface area contributed by atoms with Gasteiger partial charge < -0.3 is 14.8 Å². The van der Waals surface area contributed by atoms with Crippen LogP contribution in [0.4, 0.5) is 5.69 Å². The van der Waals surface area contributed by atoms with Crippen molar-refractivity contribution >= 4 is 23.3 Å². The maximum atomic E-state index is 12.1. The molecule has 1 fully saturated rings. The monoisotopic (exact) mass is 426 g/mol. The van der Waals surface area contributed by atoms with Crippen LogP contribution in [0.3, 0.4) is 0 Å². The normalized spacial score (nSPS) is 18.9. The van der Waals surface area contributed by atoms with E-state index in [9.17, 15) is 4.79 Å². The molecule has 30 heavy (non-hydrogen) atoms. The predicted molar refractivity (Wildman–Crippen MR) is 118 cm³/mol. The van der Waals surface area contributed by atoms with E-state index in [2.05, 4.69) is 11.4 Å². The summed E-state index contributed by atoms with van der Waals surface area (Å²) in [5.74, 6) is 0.391. The Morgan fingerprint density at radius 1 is 1.10 bits per heavy atom. The molecule has 0 saturated heterocycles. The number of esters is 1. The molecule has 1 saturated carbocycles. The third-order valence-electron chi connectivity index (χ3n) is 4.93. The van der Waals surface area contributed by atoms with Crippen LogP contribution in [0.1, 0.15) is 62.4 Å². The van der Waals surface area contributed by atoms with Crippen molar-refractivity contribution in [3.8, 4) is 11.8 Å². The lowest BCUT2D eigenvalue weighted by Crippen LogP contribution is -2.31. The van der Waals surface area contributed by atoms with Crippen LogP contribution in [-0.2, 0) is 4.74 Å². The van der Waals surface area contributed by atoms with Gasteiger partial charge in [-0.3, -0.25) is 0 Å². The number of benzene rings is 2. The van der Waals surface area contributed by atoms with Gasteiger partial charge in [-0.2, -0.15) is 5.26 Å². The van der Waals surface area contributed by atoms with E-state index in [4.69, 9.17) is 26.3 Å². The summed E-state index contributed by atoms with van der Waals surface area (Å²) in [5.41, 5.74) is 1.49. The first kappa shape index (κ1) is 22.0. The lowest BCUT2D eigenvalue weighted by Gasteiger charge is -2.30. The molecule has 0 aromatic heterocycles. The third kappa shape index (κ3) is 6.14. The summed E-state index contributed by atoms with van der Waals surface area (Å²) in [4.78, 5) is 12.1. The van der Waals surface area contributed by atoms with Crippen molar-refractivity contribution in [2.75, 3.05) is 5.32 Å². The van der Waals surface area contributed by atoms with Gasteiger partial charge in [0.2, 0.25) is 0 Å². The van der Waals surface area contributed by atoms with E-state index in [1.54, 1.807) is 30.3 Å². The lowest BCUT2D eigenvalue weighted by molar-refractivity contribution is 0.00695. The fourth-order valence-corrected chi connectivity index (χ4v) is 3.67. The summed E-state index contributed by atoms with van der Waals surface area (Å²) in [6.07, 6.45) is 3.99. The number of carbonyl (C=O) groups excluding carboxylic acids is 1. The van der Waals surface area contributed by atoms with Gasteiger partial charge in [0, 0.05) is 17.8 Å². The molecule has 3 rings (SSSR count). The molecule has 0 aliphatic heterocycles. The van der Waals surface area contributed by atoms with Gasteiger partial charge in [-0.15, -0.1) is 0 Å². The number of anilines is 1. The molecule has 2 aromatic rings.